The Balaban J connectivity index is 1.87. The van der Waals surface area contributed by atoms with Crippen LogP contribution < -0.4 is 15.0 Å². The molecule has 0 saturated heterocycles. The van der Waals surface area contributed by atoms with Crippen LogP contribution in [0, 0.1) is 0 Å². The lowest BCUT2D eigenvalue weighted by atomic mass is 10.1. The SMILES string of the molecule is COc1nscc1C(C)Nc1cccc2c1CCN2C(C)=O. The number of hydrogen-bond acceptors (Lipinski definition) is 5. The van der Waals surface area contributed by atoms with Gasteiger partial charge in [-0.1, -0.05) is 6.07 Å². The van der Waals surface area contributed by atoms with Crippen LogP contribution in [0.25, 0.3) is 0 Å². The highest BCUT2D eigenvalue weighted by Crippen LogP contribution is 2.36. The number of rotatable bonds is 4. The number of carbonyl (C=O) groups excluding carboxylic acids is 1. The van der Waals surface area contributed by atoms with Gasteiger partial charge in [0.05, 0.1) is 13.2 Å². The second kappa shape index (κ2) is 5.96. The van der Waals surface area contributed by atoms with Crippen LogP contribution in [0.2, 0.25) is 0 Å². The maximum atomic E-state index is 11.7. The van der Waals surface area contributed by atoms with Gasteiger partial charge >= 0.3 is 0 Å². The van der Waals surface area contributed by atoms with Crippen LogP contribution in [-0.4, -0.2) is 23.9 Å². The number of benzene rings is 1. The molecule has 3 rings (SSSR count). The molecule has 1 amide bonds. The van der Waals surface area contributed by atoms with E-state index in [9.17, 15) is 4.79 Å². The van der Waals surface area contributed by atoms with Gasteiger partial charge in [-0.25, -0.2) is 0 Å². The van der Waals surface area contributed by atoms with Crippen molar-refractivity contribution in [2.75, 3.05) is 23.9 Å². The fourth-order valence-corrected chi connectivity index (χ4v) is 3.63. The van der Waals surface area contributed by atoms with Gasteiger partial charge in [0.1, 0.15) is 0 Å². The van der Waals surface area contributed by atoms with Gasteiger partial charge in [-0.3, -0.25) is 4.79 Å². The summed E-state index contributed by atoms with van der Waals surface area (Å²) in [5, 5.41) is 5.53. The summed E-state index contributed by atoms with van der Waals surface area (Å²) >= 11 is 1.39. The molecule has 0 radical (unpaired) electrons. The first-order valence-electron chi connectivity index (χ1n) is 7.26. The fourth-order valence-electron chi connectivity index (χ4n) is 2.88. The number of nitrogens with zero attached hydrogens (tertiary/aromatic N) is 2. The Kier molecular flexibility index (Phi) is 4.02. The molecule has 1 atom stereocenters. The second-order valence-corrected chi connectivity index (χ2v) is 6.00. The Labute approximate surface area is 134 Å². The average molecular weight is 317 g/mol. The first-order chi connectivity index (χ1) is 10.6. The Morgan fingerprint density at radius 3 is 3.05 bits per heavy atom. The van der Waals surface area contributed by atoms with E-state index in [-0.39, 0.29) is 11.9 Å². The third kappa shape index (κ3) is 2.54. The summed E-state index contributed by atoms with van der Waals surface area (Å²) < 4.78 is 9.52. The summed E-state index contributed by atoms with van der Waals surface area (Å²) in [4.78, 5) is 13.5. The number of aromatic nitrogens is 1. The smallest absolute Gasteiger partial charge is 0.230 e. The molecule has 1 unspecified atom stereocenters. The number of amides is 1. The standard InChI is InChI=1S/C16H19N3O2S/c1-10(13-9-22-18-16(13)21-3)17-14-5-4-6-15-12(14)7-8-19(15)11(2)20/h4-6,9-10,17H,7-8H2,1-3H3. The van der Waals surface area contributed by atoms with Crippen LogP contribution >= 0.6 is 11.5 Å². The molecule has 0 saturated carbocycles. The molecule has 0 spiro atoms. The molecular formula is C16H19N3O2S. The zero-order valence-electron chi connectivity index (χ0n) is 12.9. The van der Waals surface area contributed by atoms with Crippen LogP contribution in [-0.2, 0) is 11.2 Å². The predicted octanol–water partition coefficient (Wildman–Crippen LogP) is 3.23. The van der Waals surface area contributed by atoms with E-state index in [1.54, 1.807) is 14.0 Å². The van der Waals surface area contributed by atoms with Crippen molar-refractivity contribution in [1.29, 1.82) is 0 Å². The van der Waals surface area contributed by atoms with E-state index >= 15 is 0 Å². The van der Waals surface area contributed by atoms with Crippen LogP contribution in [0.3, 0.4) is 0 Å². The number of carbonyl (C=O) groups is 1. The van der Waals surface area contributed by atoms with Crippen LogP contribution in [0.15, 0.2) is 23.6 Å². The molecule has 1 aromatic carbocycles. The Morgan fingerprint density at radius 1 is 1.50 bits per heavy atom. The van der Waals surface area contributed by atoms with Crippen molar-refractivity contribution in [2.24, 2.45) is 0 Å². The summed E-state index contributed by atoms with van der Waals surface area (Å²) in [7, 11) is 1.64. The lowest BCUT2D eigenvalue weighted by molar-refractivity contribution is -0.116. The third-order valence-electron chi connectivity index (χ3n) is 4.00. The van der Waals surface area contributed by atoms with Gasteiger partial charge in [0.2, 0.25) is 11.8 Å². The third-order valence-corrected chi connectivity index (χ3v) is 4.63. The molecule has 1 aromatic heterocycles. The highest BCUT2D eigenvalue weighted by Gasteiger charge is 2.25. The number of nitrogens with one attached hydrogen (secondary N) is 1. The monoisotopic (exact) mass is 317 g/mol. The van der Waals surface area contributed by atoms with Crippen molar-refractivity contribution in [3.05, 3.63) is 34.7 Å². The minimum atomic E-state index is 0.0894. The van der Waals surface area contributed by atoms with Crippen molar-refractivity contribution in [3.8, 4) is 5.88 Å². The van der Waals surface area contributed by atoms with E-state index in [0.717, 1.165) is 29.9 Å². The predicted molar refractivity (Wildman–Crippen MR) is 88.9 cm³/mol. The molecule has 1 aliphatic rings. The Hall–Kier alpha value is -2.08. The van der Waals surface area contributed by atoms with Crippen LogP contribution in [0.1, 0.15) is 31.0 Å². The Bertz CT molecular complexity index is 698. The van der Waals surface area contributed by atoms with Gasteiger partial charge in [0.25, 0.3) is 0 Å². The van der Waals surface area contributed by atoms with Crippen molar-refractivity contribution < 1.29 is 9.53 Å². The summed E-state index contributed by atoms with van der Waals surface area (Å²) in [6, 6.07) is 6.14. The zero-order valence-corrected chi connectivity index (χ0v) is 13.7. The second-order valence-electron chi connectivity index (χ2n) is 5.37. The van der Waals surface area contributed by atoms with E-state index in [1.807, 2.05) is 22.4 Å². The quantitative estimate of drug-likeness (QED) is 0.940. The van der Waals surface area contributed by atoms with Gasteiger partial charge in [0, 0.05) is 41.4 Å². The molecule has 116 valence electrons. The van der Waals surface area contributed by atoms with E-state index in [2.05, 4.69) is 22.7 Å². The number of hydrogen-bond donors (Lipinski definition) is 1. The average Bonchev–Trinajstić information content (AvgIpc) is 3.14. The molecule has 1 N–H and O–H groups in total. The lowest BCUT2D eigenvalue weighted by Crippen LogP contribution is -2.25. The zero-order chi connectivity index (χ0) is 15.7. The first kappa shape index (κ1) is 14.8. The van der Waals surface area contributed by atoms with E-state index in [1.165, 1.54) is 17.1 Å². The molecular weight excluding hydrogens is 298 g/mol. The summed E-state index contributed by atoms with van der Waals surface area (Å²) in [5.41, 5.74) is 4.33. The molecule has 2 aromatic rings. The van der Waals surface area contributed by atoms with Gasteiger partial charge in [-0.05, 0) is 37.0 Å². The molecule has 0 bridgehead atoms. The summed E-state index contributed by atoms with van der Waals surface area (Å²) in [5.74, 6) is 0.760. The van der Waals surface area contributed by atoms with Gasteiger partial charge in [-0.15, -0.1) is 0 Å². The molecule has 0 aliphatic carbocycles. The van der Waals surface area contributed by atoms with Crippen molar-refractivity contribution in [3.63, 3.8) is 0 Å². The van der Waals surface area contributed by atoms with Crippen LogP contribution in [0.4, 0.5) is 11.4 Å². The van der Waals surface area contributed by atoms with Crippen molar-refractivity contribution >= 4 is 28.8 Å². The van der Waals surface area contributed by atoms with Gasteiger partial charge in [-0.2, -0.15) is 4.37 Å². The molecule has 0 fully saturated rings. The summed E-state index contributed by atoms with van der Waals surface area (Å²) in [6.45, 7) is 4.45. The normalized spacial score (nSPS) is 14.6. The molecule has 6 heteroatoms. The summed E-state index contributed by atoms with van der Waals surface area (Å²) in [6.07, 6.45) is 0.879. The maximum absolute atomic E-state index is 11.7. The number of methoxy groups -OCH3 is 1. The number of fused-ring (bicyclic) bond motifs is 1. The van der Waals surface area contributed by atoms with E-state index in [0.29, 0.717) is 5.88 Å². The minimum Gasteiger partial charge on any atom is -0.480 e. The maximum Gasteiger partial charge on any atom is 0.230 e. The molecule has 5 nitrogen and oxygen atoms in total. The molecule has 1 aliphatic heterocycles. The minimum absolute atomic E-state index is 0.0894. The van der Waals surface area contributed by atoms with Crippen molar-refractivity contribution in [1.82, 2.24) is 4.37 Å². The number of anilines is 2. The van der Waals surface area contributed by atoms with E-state index in [4.69, 9.17) is 4.74 Å². The van der Waals surface area contributed by atoms with Crippen molar-refractivity contribution in [2.45, 2.75) is 26.3 Å². The lowest BCUT2D eigenvalue weighted by Gasteiger charge is -2.19. The van der Waals surface area contributed by atoms with E-state index < -0.39 is 0 Å². The fraction of sp³-hybridized carbons (Fsp3) is 0.375. The van der Waals surface area contributed by atoms with Crippen LogP contribution in [0.5, 0.6) is 5.88 Å². The largest absolute Gasteiger partial charge is 0.480 e. The highest BCUT2D eigenvalue weighted by atomic mass is 32.1. The topological polar surface area (TPSA) is 54.5 Å². The molecule has 22 heavy (non-hydrogen) atoms. The molecule has 2 heterocycles. The van der Waals surface area contributed by atoms with Gasteiger partial charge in [0.15, 0.2) is 0 Å². The Morgan fingerprint density at radius 2 is 2.32 bits per heavy atom. The first-order valence-corrected chi connectivity index (χ1v) is 8.10. The highest BCUT2D eigenvalue weighted by molar-refractivity contribution is 7.03. The number of ether oxygens (including phenoxy) is 1. The van der Waals surface area contributed by atoms with Gasteiger partial charge < -0.3 is 15.0 Å².